The van der Waals surface area contributed by atoms with Crippen molar-refractivity contribution < 1.29 is 8.83 Å². The van der Waals surface area contributed by atoms with Gasteiger partial charge in [-0.05, 0) is 40.5 Å². The standard InChI is InChI=1S/C48H30N4O2/c1-2-11-31(12-3-1)46-50-47(52-48(51-46)39-27-49-28-43-45(39)38-16-7-9-19-41(38)54-43)36-26-25-32(34-13-4-5-14-35(34)36)29-21-23-30(24-22-29)33-17-10-20-42-44(33)37-15-6-8-18-40(37)53-42/h1-28,34-35H. The molecule has 0 fully saturated rings. The molecule has 254 valence electrons. The van der Waals surface area contributed by atoms with Gasteiger partial charge in [-0.15, -0.1) is 0 Å². The van der Waals surface area contributed by atoms with Gasteiger partial charge in [-0.3, -0.25) is 4.98 Å². The molecule has 0 saturated carbocycles. The molecule has 4 heterocycles. The maximum Gasteiger partial charge on any atom is 0.166 e. The lowest BCUT2D eigenvalue weighted by Gasteiger charge is -2.31. The first-order valence-corrected chi connectivity index (χ1v) is 18.1. The van der Waals surface area contributed by atoms with Gasteiger partial charge in [0.1, 0.15) is 16.7 Å². The van der Waals surface area contributed by atoms with Crippen molar-refractivity contribution in [3.05, 3.63) is 182 Å². The zero-order valence-electron chi connectivity index (χ0n) is 28.9. The molecule has 9 aromatic rings. The fraction of sp³-hybridized carbons (Fsp3) is 0.0417. The van der Waals surface area contributed by atoms with Crippen LogP contribution in [0.1, 0.15) is 11.4 Å². The Labute approximate surface area is 310 Å². The van der Waals surface area contributed by atoms with Crippen LogP contribution in [0, 0.1) is 11.8 Å². The molecular weight excluding hydrogens is 665 g/mol. The Kier molecular flexibility index (Phi) is 6.89. The second-order valence-electron chi connectivity index (χ2n) is 13.8. The van der Waals surface area contributed by atoms with Crippen LogP contribution in [0.2, 0.25) is 0 Å². The summed E-state index contributed by atoms with van der Waals surface area (Å²) in [6, 6.07) is 41.6. The first-order chi connectivity index (χ1) is 26.8. The zero-order valence-corrected chi connectivity index (χ0v) is 28.9. The van der Waals surface area contributed by atoms with Gasteiger partial charge in [-0.2, -0.15) is 0 Å². The minimum absolute atomic E-state index is 0.0308. The summed E-state index contributed by atoms with van der Waals surface area (Å²) in [6.45, 7) is 0. The average molecular weight is 695 g/mol. The Morgan fingerprint density at radius 1 is 0.407 bits per heavy atom. The third-order valence-corrected chi connectivity index (χ3v) is 10.7. The molecule has 5 aromatic carbocycles. The molecule has 2 atom stereocenters. The molecule has 11 rings (SSSR count). The van der Waals surface area contributed by atoms with E-state index in [0.29, 0.717) is 23.1 Å². The van der Waals surface area contributed by atoms with Crippen LogP contribution < -0.4 is 0 Å². The number of nitrogens with zero attached hydrogens (tertiary/aromatic N) is 4. The van der Waals surface area contributed by atoms with E-state index < -0.39 is 0 Å². The average Bonchev–Trinajstić information content (AvgIpc) is 3.82. The number of aromatic nitrogens is 4. The highest BCUT2D eigenvalue weighted by molar-refractivity contribution is 6.13. The normalized spacial score (nSPS) is 16.6. The van der Waals surface area contributed by atoms with Gasteiger partial charge in [-0.25, -0.2) is 15.0 Å². The van der Waals surface area contributed by atoms with Crippen LogP contribution in [-0.4, -0.2) is 19.9 Å². The summed E-state index contributed by atoms with van der Waals surface area (Å²) < 4.78 is 12.4. The largest absolute Gasteiger partial charge is 0.456 e. The summed E-state index contributed by atoms with van der Waals surface area (Å²) in [5.41, 5.74) is 10.8. The predicted octanol–water partition coefficient (Wildman–Crippen LogP) is 11.9. The maximum atomic E-state index is 6.19. The molecule has 2 unspecified atom stereocenters. The van der Waals surface area contributed by atoms with Crippen LogP contribution >= 0.6 is 0 Å². The summed E-state index contributed by atoms with van der Waals surface area (Å²) in [5.74, 6) is 1.94. The minimum Gasteiger partial charge on any atom is -0.456 e. The van der Waals surface area contributed by atoms with Gasteiger partial charge in [0, 0.05) is 56.3 Å². The van der Waals surface area contributed by atoms with Gasteiger partial charge in [0.05, 0.1) is 6.20 Å². The molecule has 6 nitrogen and oxygen atoms in total. The SMILES string of the molecule is C1=CC2C(c3ccc(-c4cccc5oc6ccccc6c45)cc3)=CC=C(c3nc(-c4ccccc4)nc(-c4cncc5oc6ccccc6c45)n3)C2C=C1. The monoisotopic (exact) mass is 694 g/mol. The number of benzene rings is 5. The van der Waals surface area contributed by atoms with E-state index in [1.165, 1.54) is 11.1 Å². The Balaban J connectivity index is 1.03. The van der Waals surface area contributed by atoms with Crippen molar-refractivity contribution in [1.82, 2.24) is 19.9 Å². The van der Waals surface area contributed by atoms with E-state index >= 15 is 0 Å². The molecule has 2 aliphatic carbocycles. The van der Waals surface area contributed by atoms with Crippen LogP contribution in [0.15, 0.2) is 179 Å². The molecule has 0 aliphatic heterocycles. The predicted molar refractivity (Wildman–Crippen MR) is 216 cm³/mol. The molecule has 54 heavy (non-hydrogen) atoms. The Morgan fingerprint density at radius 2 is 1.00 bits per heavy atom. The molecule has 0 amide bonds. The molecule has 2 aliphatic rings. The van der Waals surface area contributed by atoms with Crippen LogP contribution in [0.3, 0.4) is 0 Å². The Bertz CT molecular complexity index is 3060. The van der Waals surface area contributed by atoms with E-state index in [2.05, 4.69) is 96.0 Å². The third-order valence-electron chi connectivity index (χ3n) is 10.7. The van der Waals surface area contributed by atoms with Crippen LogP contribution in [0.4, 0.5) is 0 Å². The number of rotatable bonds is 5. The molecule has 0 N–H and O–H groups in total. The number of allylic oxidation sites excluding steroid dienone is 8. The van der Waals surface area contributed by atoms with Crippen molar-refractivity contribution in [1.29, 1.82) is 0 Å². The Hall–Kier alpha value is -7.18. The minimum atomic E-state index is 0.0308. The first-order valence-electron chi connectivity index (χ1n) is 18.1. The van der Waals surface area contributed by atoms with Crippen LogP contribution in [-0.2, 0) is 0 Å². The van der Waals surface area contributed by atoms with E-state index in [4.69, 9.17) is 23.8 Å². The zero-order chi connectivity index (χ0) is 35.6. The molecule has 0 spiro atoms. The second-order valence-corrected chi connectivity index (χ2v) is 13.8. The lowest BCUT2D eigenvalue weighted by Crippen LogP contribution is -2.20. The summed E-state index contributed by atoms with van der Waals surface area (Å²) in [7, 11) is 0. The highest BCUT2D eigenvalue weighted by Crippen LogP contribution is 2.45. The summed E-state index contributed by atoms with van der Waals surface area (Å²) in [4.78, 5) is 19.9. The fourth-order valence-corrected chi connectivity index (χ4v) is 8.16. The van der Waals surface area contributed by atoms with Crippen molar-refractivity contribution >= 4 is 55.0 Å². The third kappa shape index (κ3) is 4.88. The topological polar surface area (TPSA) is 77.8 Å². The van der Waals surface area contributed by atoms with Crippen molar-refractivity contribution in [3.8, 4) is 33.9 Å². The second kappa shape index (κ2) is 12.2. The Morgan fingerprint density at radius 3 is 1.78 bits per heavy atom. The molecule has 6 heteroatoms. The number of fused-ring (bicyclic) bond motifs is 7. The summed E-state index contributed by atoms with van der Waals surface area (Å²) in [6.07, 6.45) is 16.8. The van der Waals surface area contributed by atoms with Gasteiger partial charge in [0.25, 0.3) is 0 Å². The highest BCUT2D eigenvalue weighted by atomic mass is 16.3. The van der Waals surface area contributed by atoms with Gasteiger partial charge < -0.3 is 8.83 Å². The highest BCUT2D eigenvalue weighted by Gasteiger charge is 2.32. The molecule has 0 saturated heterocycles. The van der Waals surface area contributed by atoms with Gasteiger partial charge >= 0.3 is 0 Å². The maximum absolute atomic E-state index is 6.19. The summed E-state index contributed by atoms with van der Waals surface area (Å²) in [5, 5.41) is 4.21. The number of para-hydroxylation sites is 2. The van der Waals surface area contributed by atoms with Crippen LogP contribution in [0.25, 0.3) is 88.9 Å². The van der Waals surface area contributed by atoms with Crippen molar-refractivity contribution in [2.75, 3.05) is 0 Å². The molecule has 0 radical (unpaired) electrons. The van der Waals surface area contributed by atoms with Gasteiger partial charge in [0.15, 0.2) is 23.1 Å². The van der Waals surface area contributed by atoms with E-state index in [1.807, 2.05) is 72.9 Å². The number of pyridine rings is 1. The van der Waals surface area contributed by atoms with Crippen molar-refractivity contribution in [3.63, 3.8) is 0 Å². The van der Waals surface area contributed by atoms with Crippen molar-refractivity contribution in [2.45, 2.75) is 0 Å². The smallest absolute Gasteiger partial charge is 0.166 e. The van der Waals surface area contributed by atoms with E-state index in [1.54, 1.807) is 6.20 Å². The van der Waals surface area contributed by atoms with Crippen LogP contribution in [0.5, 0.6) is 0 Å². The lowest BCUT2D eigenvalue weighted by molar-refractivity contribution is 0.667. The van der Waals surface area contributed by atoms with E-state index in [9.17, 15) is 0 Å². The van der Waals surface area contributed by atoms with Gasteiger partial charge in [-0.1, -0.05) is 140 Å². The molecule has 0 bridgehead atoms. The van der Waals surface area contributed by atoms with E-state index in [-0.39, 0.29) is 11.8 Å². The number of hydrogen-bond donors (Lipinski definition) is 0. The molecule has 4 aromatic heterocycles. The van der Waals surface area contributed by atoms with E-state index in [0.717, 1.165) is 66.1 Å². The van der Waals surface area contributed by atoms with Crippen molar-refractivity contribution in [2.24, 2.45) is 11.8 Å². The summed E-state index contributed by atoms with van der Waals surface area (Å²) >= 11 is 0. The fourth-order valence-electron chi connectivity index (χ4n) is 8.16. The first kappa shape index (κ1) is 30.4. The number of furan rings is 2. The van der Waals surface area contributed by atoms with Gasteiger partial charge in [0.2, 0.25) is 0 Å². The lowest BCUT2D eigenvalue weighted by atomic mass is 9.73. The quantitative estimate of drug-likeness (QED) is 0.178. The molecular formula is C48H30N4O2. The number of hydrogen-bond acceptors (Lipinski definition) is 6.